The second kappa shape index (κ2) is 26.0. The molecule has 4 atom stereocenters. The number of piperidine rings is 1. The molecule has 0 bridgehead atoms. The van der Waals surface area contributed by atoms with E-state index < -0.39 is 47.1 Å². The average Bonchev–Trinajstić information content (AvgIpc) is 4.47. The number of carbonyl (C=O) groups is 5. The van der Waals surface area contributed by atoms with Crippen LogP contribution in [0.1, 0.15) is 117 Å². The number of β-amino-alcohol motifs (C(OH)–C–C–N with tert-alkyl or cyclic N) is 1. The third-order valence-electron chi connectivity index (χ3n) is 14.9. The number of carbonyl (C=O) groups excluding carboxylic acids is 5. The Morgan fingerprint density at radius 1 is 0.915 bits per heavy atom. The zero-order valence-electron chi connectivity index (χ0n) is 47.0. The number of ether oxygens (including phenoxy) is 3. The minimum Gasteiger partial charge on any atom is -0.451 e. The number of thiazole rings is 1. The molecular weight excluding hydrogens is 1070 g/mol. The number of hydrogen-bond donors (Lipinski definition) is 6. The van der Waals surface area contributed by atoms with Crippen molar-refractivity contribution in [1.82, 2.24) is 45.6 Å². The van der Waals surface area contributed by atoms with Crippen LogP contribution in [0, 0.1) is 12.3 Å². The molecule has 6 N–H and O–H groups in total. The standard InChI is InChI=1S/C59H71N11O11S/c1-35-49(82-34-62-35)38-14-12-36(13-15-38)30-60-52(75)46-29-41(72)32-70(46)55(76)50(58(2,3)4)65-47(73)20-24-78-26-27-79-25-21-48(74)69-22-18-39(19-23-69)53-67-68-54(80-53)43-31-61-57(66-51(43)64-45(33-71)37-10-8-7-9-11-37)63-40-16-17-42-44(28-40)59(5,6)81-56(42)77/h7-17,28,31,34,39,41,45-46,50,71-72H,18-27,29-30,32-33H2,1-6H3,(H,60,75)(H,65,73)(H2,61,63,64,66)/t41-,45-,46+,50-/m1/s1. The molecule has 2 fully saturated rings. The Labute approximate surface area is 479 Å². The maximum absolute atomic E-state index is 14.1. The topological polar surface area (TPSA) is 286 Å². The Kier molecular flexibility index (Phi) is 18.7. The van der Waals surface area contributed by atoms with Gasteiger partial charge in [-0.2, -0.15) is 4.98 Å². The van der Waals surface area contributed by atoms with E-state index in [0.717, 1.165) is 32.8 Å². The highest BCUT2D eigenvalue weighted by Gasteiger charge is 2.45. The van der Waals surface area contributed by atoms with Gasteiger partial charge >= 0.3 is 5.97 Å². The van der Waals surface area contributed by atoms with Crippen molar-refractivity contribution in [3.63, 3.8) is 0 Å². The minimum absolute atomic E-state index is 0.0250. The van der Waals surface area contributed by atoms with Gasteiger partial charge in [-0.15, -0.1) is 21.5 Å². The molecule has 2 saturated heterocycles. The number of nitrogens with zero attached hydrogens (tertiary/aromatic N) is 7. The Bertz CT molecular complexity index is 3210. The van der Waals surface area contributed by atoms with Crippen molar-refractivity contribution < 1.29 is 52.8 Å². The molecule has 6 aromatic rings. The average molecular weight is 1140 g/mol. The van der Waals surface area contributed by atoms with Crippen molar-refractivity contribution in [2.45, 2.75) is 116 Å². The molecule has 3 aromatic carbocycles. The van der Waals surface area contributed by atoms with Gasteiger partial charge in [0.2, 0.25) is 35.5 Å². The number of esters is 1. The summed E-state index contributed by atoms with van der Waals surface area (Å²) in [6.07, 6.45) is 2.11. The van der Waals surface area contributed by atoms with Gasteiger partial charge in [0.25, 0.3) is 5.89 Å². The van der Waals surface area contributed by atoms with Gasteiger partial charge in [0.1, 0.15) is 23.5 Å². The number of hydrogen-bond acceptors (Lipinski definition) is 19. The van der Waals surface area contributed by atoms with Gasteiger partial charge in [0.05, 0.1) is 78.8 Å². The van der Waals surface area contributed by atoms with E-state index in [1.807, 2.05) is 102 Å². The molecule has 0 radical (unpaired) electrons. The summed E-state index contributed by atoms with van der Waals surface area (Å²) in [5.41, 5.74) is 6.31. The van der Waals surface area contributed by atoms with E-state index in [2.05, 4.69) is 41.4 Å². The third kappa shape index (κ3) is 14.3. The lowest BCUT2D eigenvalue weighted by Crippen LogP contribution is -2.57. The molecule has 0 unspecified atom stereocenters. The first-order chi connectivity index (χ1) is 39.3. The number of likely N-dealkylation sites (tertiary alicyclic amines) is 2. The number of benzene rings is 3. The number of rotatable bonds is 23. The first kappa shape index (κ1) is 58.9. The maximum Gasteiger partial charge on any atom is 0.339 e. The van der Waals surface area contributed by atoms with Gasteiger partial charge in [0, 0.05) is 62.4 Å². The van der Waals surface area contributed by atoms with E-state index in [4.69, 9.17) is 23.6 Å². The molecule has 0 aliphatic carbocycles. The zero-order chi connectivity index (χ0) is 58.1. The summed E-state index contributed by atoms with van der Waals surface area (Å²) in [4.78, 5) is 84.3. The van der Waals surface area contributed by atoms with Crippen LogP contribution < -0.4 is 21.3 Å². The second-order valence-corrected chi connectivity index (χ2v) is 23.2. The van der Waals surface area contributed by atoms with E-state index in [1.165, 1.54) is 4.90 Å². The van der Waals surface area contributed by atoms with Crippen molar-refractivity contribution in [2.24, 2.45) is 5.41 Å². The predicted octanol–water partition coefficient (Wildman–Crippen LogP) is 6.58. The van der Waals surface area contributed by atoms with Gasteiger partial charge in [-0.1, -0.05) is 75.4 Å². The van der Waals surface area contributed by atoms with E-state index in [9.17, 15) is 34.2 Å². The fourth-order valence-corrected chi connectivity index (χ4v) is 11.1. The summed E-state index contributed by atoms with van der Waals surface area (Å²) in [6, 6.07) is 20.2. The number of cyclic esters (lactones) is 1. The normalized spacial score (nSPS) is 17.7. The summed E-state index contributed by atoms with van der Waals surface area (Å²) in [5, 5.41) is 42.2. The Morgan fingerprint density at radius 3 is 2.34 bits per heavy atom. The van der Waals surface area contributed by atoms with Crippen LogP contribution in [-0.2, 0) is 45.5 Å². The molecule has 4 amide bonds. The monoisotopic (exact) mass is 1140 g/mol. The van der Waals surface area contributed by atoms with E-state index in [-0.39, 0.29) is 101 Å². The molecule has 3 aliphatic rings. The number of anilines is 3. The van der Waals surface area contributed by atoms with E-state index in [1.54, 1.807) is 40.1 Å². The fourth-order valence-electron chi connectivity index (χ4n) is 10.3. The number of aromatic nitrogens is 5. The lowest BCUT2D eigenvalue weighted by atomic mass is 9.85. The van der Waals surface area contributed by atoms with E-state index >= 15 is 0 Å². The highest BCUT2D eigenvalue weighted by Crippen LogP contribution is 2.39. The zero-order valence-corrected chi connectivity index (χ0v) is 47.8. The third-order valence-corrected chi connectivity index (χ3v) is 15.8. The summed E-state index contributed by atoms with van der Waals surface area (Å²) in [5.74, 6) is -0.571. The van der Waals surface area contributed by atoms with Crippen molar-refractivity contribution in [3.05, 3.63) is 118 Å². The number of aryl methyl sites for hydroxylation is 1. The molecule has 3 aromatic heterocycles. The SMILES string of the molecule is Cc1ncsc1-c1ccc(CNC(=O)[C@@H]2C[C@@H](O)CN2C(=O)[C@@H](NC(=O)CCOCCOCCC(=O)N2CCC(c3nnc(-c4cnc(Nc5ccc6c(c5)C(C)(C)OC6=O)nc4N[C@H](CO)c4ccccc4)o3)CC2)C(C)(C)C)cc1. The van der Waals surface area contributed by atoms with Gasteiger partial charge in [-0.05, 0) is 73.9 Å². The van der Waals surface area contributed by atoms with Crippen molar-refractivity contribution in [2.75, 3.05) is 63.3 Å². The van der Waals surface area contributed by atoms with E-state index in [0.29, 0.717) is 54.5 Å². The number of aliphatic hydroxyl groups is 2. The van der Waals surface area contributed by atoms with Crippen molar-refractivity contribution in [3.8, 4) is 21.9 Å². The first-order valence-electron chi connectivity index (χ1n) is 27.6. The smallest absolute Gasteiger partial charge is 0.339 e. The van der Waals surface area contributed by atoms with Gasteiger partial charge < -0.3 is 59.9 Å². The molecule has 22 nitrogen and oxygen atoms in total. The van der Waals surface area contributed by atoms with Crippen LogP contribution in [0.4, 0.5) is 17.5 Å². The Hall–Kier alpha value is -7.70. The van der Waals surface area contributed by atoms with Crippen LogP contribution in [0.15, 0.2) is 88.9 Å². The highest BCUT2D eigenvalue weighted by molar-refractivity contribution is 7.13. The summed E-state index contributed by atoms with van der Waals surface area (Å²) in [6.45, 7) is 12.7. The van der Waals surface area contributed by atoms with Crippen LogP contribution in [0.5, 0.6) is 0 Å². The van der Waals surface area contributed by atoms with Crippen LogP contribution in [0.25, 0.3) is 21.9 Å². The highest BCUT2D eigenvalue weighted by atomic mass is 32.1. The van der Waals surface area contributed by atoms with Crippen LogP contribution in [0.3, 0.4) is 0 Å². The quantitative estimate of drug-likeness (QED) is 0.0292. The Morgan fingerprint density at radius 2 is 1.65 bits per heavy atom. The molecule has 6 heterocycles. The van der Waals surface area contributed by atoms with Gasteiger partial charge in [-0.3, -0.25) is 19.2 Å². The predicted molar refractivity (Wildman–Crippen MR) is 304 cm³/mol. The number of nitrogens with one attached hydrogen (secondary N) is 4. The molecule has 0 spiro atoms. The number of amides is 4. The largest absolute Gasteiger partial charge is 0.451 e. The lowest BCUT2D eigenvalue weighted by molar-refractivity contribution is -0.144. The van der Waals surface area contributed by atoms with Crippen molar-refractivity contribution >= 4 is 58.4 Å². The summed E-state index contributed by atoms with van der Waals surface area (Å²) < 4.78 is 23.2. The van der Waals surface area contributed by atoms with Crippen LogP contribution >= 0.6 is 11.3 Å². The molecule has 23 heteroatoms. The van der Waals surface area contributed by atoms with Crippen LogP contribution in [0.2, 0.25) is 0 Å². The maximum atomic E-state index is 14.1. The molecule has 3 aliphatic heterocycles. The molecular formula is C59H71N11O11S. The van der Waals surface area contributed by atoms with Crippen molar-refractivity contribution in [1.29, 1.82) is 0 Å². The summed E-state index contributed by atoms with van der Waals surface area (Å²) in [7, 11) is 0. The van der Waals surface area contributed by atoms with Gasteiger partial charge in [0.15, 0.2) is 0 Å². The molecule has 82 heavy (non-hydrogen) atoms. The first-order valence-corrected chi connectivity index (χ1v) is 28.5. The fraction of sp³-hybridized carbons (Fsp3) is 0.458. The molecule has 434 valence electrons. The second-order valence-electron chi connectivity index (χ2n) is 22.3. The van der Waals surface area contributed by atoms with Gasteiger partial charge in [-0.25, -0.2) is 14.8 Å². The molecule has 0 saturated carbocycles. The number of aliphatic hydroxyl groups excluding tert-OH is 2. The summed E-state index contributed by atoms with van der Waals surface area (Å²) >= 11 is 1.56. The molecule has 9 rings (SSSR count). The Balaban J connectivity index is 0.695. The number of fused-ring (bicyclic) bond motifs is 1. The van der Waals surface area contributed by atoms with Crippen LogP contribution in [-0.4, -0.2) is 146 Å². The minimum atomic E-state index is -0.970. The lowest BCUT2D eigenvalue weighted by Gasteiger charge is -2.35.